The van der Waals surface area contributed by atoms with Crippen molar-refractivity contribution in [2.75, 3.05) is 6.61 Å². The number of aryl methyl sites for hydroxylation is 1. The molecule has 0 aliphatic heterocycles. The molecule has 2 rings (SSSR count). The zero-order chi connectivity index (χ0) is 13.7. The summed E-state index contributed by atoms with van der Waals surface area (Å²) in [6, 6.07) is 8.81. The molecule has 0 spiro atoms. The van der Waals surface area contributed by atoms with Crippen molar-refractivity contribution in [1.29, 1.82) is 0 Å². The van der Waals surface area contributed by atoms with Crippen molar-refractivity contribution in [2.24, 2.45) is 0 Å². The Kier molecular flexibility index (Phi) is 4.97. The molecule has 3 nitrogen and oxygen atoms in total. The van der Waals surface area contributed by atoms with Crippen molar-refractivity contribution in [3.05, 3.63) is 35.4 Å². The molecule has 0 heterocycles. The number of aliphatic hydroxyl groups is 1. The molecule has 0 atom stereocenters. The molecule has 19 heavy (non-hydrogen) atoms. The first-order valence-corrected chi connectivity index (χ1v) is 7.16. The van der Waals surface area contributed by atoms with Gasteiger partial charge in [-0.05, 0) is 38.2 Å². The third-order valence-corrected chi connectivity index (χ3v) is 3.54. The summed E-state index contributed by atoms with van der Waals surface area (Å²) >= 11 is 0. The summed E-state index contributed by atoms with van der Waals surface area (Å²) < 4.78 is 0. The zero-order valence-electron chi connectivity index (χ0n) is 11.6. The van der Waals surface area contributed by atoms with Crippen molar-refractivity contribution in [2.45, 2.75) is 51.6 Å². The summed E-state index contributed by atoms with van der Waals surface area (Å²) in [4.78, 5) is 14.3. The van der Waals surface area contributed by atoms with E-state index in [2.05, 4.69) is 25.1 Å². The molecule has 1 amide bonds. The van der Waals surface area contributed by atoms with Crippen molar-refractivity contribution in [1.82, 2.24) is 4.90 Å². The summed E-state index contributed by atoms with van der Waals surface area (Å²) in [5, 5.41) is 8.78. The molecule has 0 bridgehead atoms. The number of amides is 1. The molecule has 0 saturated heterocycles. The molecular formula is C16H23NO2. The lowest BCUT2D eigenvalue weighted by Gasteiger charge is -2.23. The van der Waals surface area contributed by atoms with Gasteiger partial charge in [-0.25, -0.2) is 0 Å². The number of benzene rings is 1. The van der Waals surface area contributed by atoms with E-state index < -0.39 is 0 Å². The number of carbonyl (C=O) groups is 1. The first-order chi connectivity index (χ1) is 9.20. The van der Waals surface area contributed by atoms with E-state index in [-0.39, 0.29) is 12.5 Å². The van der Waals surface area contributed by atoms with E-state index in [0.29, 0.717) is 18.9 Å². The average Bonchev–Trinajstić information content (AvgIpc) is 3.20. The van der Waals surface area contributed by atoms with Crippen molar-refractivity contribution in [3.63, 3.8) is 0 Å². The molecule has 0 unspecified atom stereocenters. The van der Waals surface area contributed by atoms with E-state index in [9.17, 15) is 4.79 Å². The smallest absolute Gasteiger partial charge is 0.223 e. The molecule has 0 radical (unpaired) electrons. The summed E-state index contributed by atoms with van der Waals surface area (Å²) in [6.45, 7) is 2.98. The summed E-state index contributed by atoms with van der Waals surface area (Å²) in [7, 11) is 0. The van der Waals surface area contributed by atoms with Gasteiger partial charge in [0.2, 0.25) is 5.91 Å². The molecular weight excluding hydrogens is 238 g/mol. The van der Waals surface area contributed by atoms with Crippen molar-refractivity contribution in [3.8, 4) is 0 Å². The maximum Gasteiger partial charge on any atom is 0.223 e. The molecule has 1 aromatic carbocycles. The van der Waals surface area contributed by atoms with E-state index >= 15 is 0 Å². The molecule has 1 N–H and O–H groups in total. The van der Waals surface area contributed by atoms with Crippen LogP contribution in [0.1, 0.15) is 43.2 Å². The van der Waals surface area contributed by atoms with Crippen LogP contribution in [0.3, 0.4) is 0 Å². The fraction of sp³-hybridized carbons (Fsp3) is 0.562. The normalized spacial score (nSPS) is 14.4. The standard InChI is InChI=1S/C16H23NO2/c1-13-5-4-6-14(11-13)12-17(15-8-9-15)16(19)7-2-3-10-18/h4-6,11,15,18H,2-3,7-10,12H2,1H3. The van der Waals surface area contributed by atoms with Crippen molar-refractivity contribution < 1.29 is 9.90 Å². The van der Waals surface area contributed by atoms with Gasteiger partial charge in [0, 0.05) is 25.6 Å². The molecule has 1 aromatic rings. The van der Waals surface area contributed by atoms with Crippen LogP contribution in [0.15, 0.2) is 24.3 Å². The summed E-state index contributed by atoms with van der Waals surface area (Å²) in [5.74, 6) is 0.234. The second-order valence-corrected chi connectivity index (χ2v) is 5.42. The van der Waals surface area contributed by atoms with E-state index in [1.165, 1.54) is 11.1 Å². The summed E-state index contributed by atoms with van der Waals surface area (Å²) in [5.41, 5.74) is 2.45. The lowest BCUT2D eigenvalue weighted by atomic mass is 10.1. The van der Waals surface area contributed by atoms with E-state index in [1.807, 2.05) is 11.0 Å². The van der Waals surface area contributed by atoms with Gasteiger partial charge in [-0.2, -0.15) is 0 Å². The van der Waals surface area contributed by atoms with Gasteiger partial charge in [-0.15, -0.1) is 0 Å². The number of rotatable bonds is 7. The van der Waals surface area contributed by atoms with Crippen LogP contribution in [0.4, 0.5) is 0 Å². The van der Waals surface area contributed by atoms with Crippen LogP contribution in [0.25, 0.3) is 0 Å². The molecule has 104 valence electrons. The molecule has 1 aliphatic rings. The quantitative estimate of drug-likeness (QED) is 0.767. The minimum Gasteiger partial charge on any atom is -0.396 e. The molecule has 1 fully saturated rings. The van der Waals surface area contributed by atoms with Gasteiger partial charge in [0.15, 0.2) is 0 Å². The van der Waals surface area contributed by atoms with Crippen LogP contribution in [0.2, 0.25) is 0 Å². The zero-order valence-corrected chi connectivity index (χ0v) is 11.6. The number of hydrogen-bond acceptors (Lipinski definition) is 2. The Morgan fingerprint density at radius 1 is 1.37 bits per heavy atom. The summed E-state index contributed by atoms with van der Waals surface area (Å²) in [6.07, 6.45) is 4.33. The molecule has 1 aliphatic carbocycles. The third-order valence-electron chi connectivity index (χ3n) is 3.54. The highest BCUT2D eigenvalue weighted by atomic mass is 16.3. The monoisotopic (exact) mass is 261 g/mol. The number of hydrogen-bond donors (Lipinski definition) is 1. The Hall–Kier alpha value is -1.35. The first-order valence-electron chi connectivity index (χ1n) is 7.16. The molecule has 0 aromatic heterocycles. The molecule has 3 heteroatoms. The first kappa shape index (κ1) is 14.1. The molecule has 1 saturated carbocycles. The fourth-order valence-electron chi connectivity index (χ4n) is 2.35. The number of unbranched alkanes of at least 4 members (excludes halogenated alkanes) is 1. The number of carbonyl (C=O) groups excluding carboxylic acids is 1. The predicted molar refractivity (Wildman–Crippen MR) is 75.7 cm³/mol. The Labute approximate surface area is 115 Å². The van der Waals surface area contributed by atoms with Crippen LogP contribution in [0, 0.1) is 6.92 Å². The van der Waals surface area contributed by atoms with Gasteiger partial charge in [0.1, 0.15) is 0 Å². The number of aliphatic hydroxyl groups excluding tert-OH is 1. The Bertz CT molecular complexity index is 427. The van der Waals surface area contributed by atoms with Gasteiger partial charge >= 0.3 is 0 Å². The van der Waals surface area contributed by atoms with E-state index in [0.717, 1.165) is 25.8 Å². The lowest BCUT2D eigenvalue weighted by Crippen LogP contribution is -2.32. The van der Waals surface area contributed by atoms with Crippen molar-refractivity contribution >= 4 is 5.91 Å². The minimum atomic E-state index is 0.175. The topological polar surface area (TPSA) is 40.5 Å². The maximum atomic E-state index is 12.2. The van der Waals surface area contributed by atoms with Gasteiger partial charge in [-0.3, -0.25) is 4.79 Å². The Morgan fingerprint density at radius 3 is 2.79 bits per heavy atom. The van der Waals surface area contributed by atoms with Crippen LogP contribution in [0.5, 0.6) is 0 Å². The van der Waals surface area contributed by atoms with Gasteiger partial charge in [-0.1, -0.05) is 29.8 Å². The predicted octanol–water partition coefficient (Wildman–Crippen LogP) is 2.65. The second-order valence-electron chi connectivity index (χ2n) is 5.42. The largest absolute Gasteiger partial charge is 0.396 e. The lowest BCUT2D eigenvalue weighted by molar-refractivity contribution is -0.132. The van der Waals surface area contributed by atoms with E-state index in [1.54, 1.807) is 0 Å². The maximum absolute atomic E-state index is 12.2. The third kappa shape index (κ3) is 4.35. The van der Waals surface area contributed by atoms with Crippen LogP contribution in [-0.2, 0) is 11.3 Å². The number of nitrogens with zero attached hydrogens (tertiary/aromatic N) is 1. The highest BCUT2D eigenvalue weighted by Crippen LogP contribution is 2.29. The average molecular weight is 261 g/mol. The Balaban J connectivity index is 1.94. The van der Waals surface area contributed by atoms with Crippen LogP contribution in [-0.4, -0.2) is 28.6 Å². The second kappa shape index (κ2) is 6.71. The van der Waals surface area contributed by atoms with Gasteiger partial charge in [0.25, 0.3) is 0 Å². The minimum absolute atomic E-state index is 0.175. The van der Waals surface area contributed by atoms with Crippen LogP contribution < -0.4 is 0 Å². The fourth-order valence-corrected chi connectivity index (χ4v) is 2.35. The van der Waals surface area contributed by atoms with E-state index in [4.69, 9.17) is 5.11 Å². The highest BCUT2D eigenvalue weighted by Gasteiger charge is 2.31. The highest BCUT2D eigenvalue weighted by molar-refractivity contribution is 5.76. The van der Waals surface area contributed by atoms with Gasteiger partial charge < -0.3 is 10.0 Å². The van der Waals surface area contributed by atoms with Gasteiger partial charge in [0.05, 0.1) is 0 Å². The Morgan fingerprint density at radius 2 is 2.16 bits per heavy atom. The van der Waals surface area contributed by atoms with Crippen LogP contribution >= 0.6 is 0 Å². The SMILES string of the molecule is Cc1cccc(CN(C(=O)CCCCO)C2CC2)c1.